The number of carbonyl (C=O) groups excluding carboxylic acids is 1. The van der Waals surface area contributed by atoms with Gasteiger partial charge in [-0.1, -0.05) is 75.4 Å². The third-order valence-electron chi connectivity index (χ3n) is 4.38. The van der Waals surface area contributed by atoms with E-state index in [4.69, 9.17) is 0 Å². The summed E-state index contributed by atoms with van der Waals surface area (Å²) < 4.78 is 0. The minimum absolute atomic E-state index is 0.0642. The average molecular weight is 381 g/mol. The zero-order valence-electron chi connectivity index (χ0n) is 15.8. The van der Waals surface area contributed by atoms with Gasteiger partial charge in [-0.05, 0) is 22.1 Å². The Morgan fingerprint density at radius 2 is 1.78 bits per heavy atom. The molecule has 0 bridgehead atoms. The van der Waals surface area contributed by atoms with Crippen LogP contribution in [0.5, 0.6) is 0 Å². The van der Waals surface area contributed by atoms with Crippen molar-refractivity contribution >= 4 is 17.2 Å². The number of amides is 1. The summed E-state index contributed by atoms with van der Waals surface area (Å²) in [6, 6.07) is 17.6. The molecule has 0 aliphatic heterocycles. The highest BCUT2D eigenvalue weighted by atomic mass is 32.1. The number of thiazole rings is 1. The lowest BCUT2D eigenvalue weighted by Crippen LogP contribution is -2.23. The van der Waals surface area contributed by atoms with Crippen LogP contribution in [0.1, 0.15) is 59.1 Å². The van der Waals surface area contributed by atoms with Gasteiger partial charge in [-0.2, -0.15) is 0 Å². The molecule has 140 valence electrons. The maximum absolute atomic E-state index is 12.3. The Bertz CT molecular complexity index is 896. The first kappa shape index (κ1) is 19.3. The molecule has 2 aromatic carbocycles. The van der Waals surface area contributed by atoms with Crippen molar-refractivity contribution in [3.8, 4) is 0 Å². The zero-order valence-corrected chi connectivity index (χ0v) is 16.6. The van der Waals surface area contributed by atoms with Crippen molar-refractivity contribution in [2.45, 2.75) is 38.8 Å². The second-order valence-electron chi connectivity index (χ2n) is 7.51. The molecule has 1 unspecified atom stereocenters. The van der Waals surface area contributed by atoms with Crippen LogP contribution < -0.4 is 5.32 Å². The van der Waals surface area contributed by atoms with Crippen LogP contribution >= 0.6 is 11.3 Å². The van der Waals surface area contributed by atoms with E-state index in [2.05, 4.69) is 31.1 Å². The second-order valence-corrected chi connectivity index (χ2v) is 8.40. The van der Waals surface area contributed by atoms with E-state index in [0.29, 0.717) is 17.2 Å². The average Bonchev–Trinajstić information content (AvgIpc) is 3.16. The van der Waals surface area contributed by atoms with E-state index in [1.807, 2.05) is 54.6 Å². The molecular formula is C22H24N2O2S. The van der Waals surface area contributed by atoms with Gasteiger partial charge in [0.25, 0.3) is 5.91 Å². The lowest BCUT2D eigenvalue weighted by atomic mass is 9.86. The van der Waals surface area contributed by atoms with Crippen LogP contribution in [0.3, 0.4) is 0 Å². The fraction of sp³-hybridized carbons (Fsp3) is 0.273. The molecular weight excluding hydrogens is 356 g/mol. The zero-order chi connectivity index (χ0) is 19.4. The molecule has 2 N–H and O–H groups in total. The predicted octanol–water partition coefficient (Wildman–Crippen LogP) is 4.45. The first-order valence-corrected chi connectivity index (χ1v) is 9.78. The highest BCUT2D eigenvalue weighted by Gasteiger charge is 2.19. The third-order valence-corrected chi connectivity index (χ3v) is 5.27. The van der Waals surface area contributed by atoms with E-state index < -0.39 is 6.10 Å². The van der Waals surface area contributed by atoms with Gasteiger partial charge in [0.2, 0.25) is 0 Å². The van der Waals surface area contributed by atoms with Gasteiger partial charge in [0.1, 0.15) is 16.8 Å². The molecule has 0 aliphatic rings. The molecule has 27 heavy (non-hydrogen) atoms. The Morgan fingerprint density at radius 1 is 1.11 bits per heavy atom. The van der Waals surface area contributed by atoms with Gasteiger partial charge in [-0.3, -0.25) is 4.79 Å². The van der Waals surface area contributed by atoms with E-state index >= 15 is 0 Å². The molecule has 1 amide bonds. The first-order valence-electron chi connectivity index (χ1n) is 8.90. The molecule has 0 spiro atoms. The minimum Gasteiger partial charge on any atom is -0.381 e. The maximum atomic E-state index is 12.3. The Morgan fingerprint density at radius 3 is 2.41 bits per heavy atom. The molecule has 1 atom stereocenters. The highest BCUT2D eigenvalue weighted by molar-refractivity contribution is 7.09. The van der Waals surface area contributed by atoms with Crippen molar-refractivity contribution < 1.29 is 9.90 Å². The largest absolute Gasteiger partial charge is 0.381 e. The van der Waals surface area contributed by atoms with Gasteiger partial charge in [0.15, 0.2) is 0 Å². The summed E-state index contributed by atoms with van der Waals surface area (Å²) in [5.41, 5.74) is 3.40. The Labute approximate surface area is 163 Å². The Kier molecular flexibility index (Phi) is 5.73. The standard InChI is InChI=1S/C22H24N2O2S/c1-22(2,3)17-11-9-16(10-12-17)19(25)21-24-18(14-27-21)20(26)23-13-15-7-5-4-6-8-15/h4-12,14,19,25H,13H2,1-3H3,(H,23,26). The summed E-state index contributed by atoms with van der Waals surface area (Å²) in [5, 5.41) is 15.7. The van der Waals surface area contributed by atoms with E-state index in [9.17, 15) is 9.90 Å². The molecule has 1 heterocycles. The number of aromatic nitrogens is 1. The van der Waals surface area contributed by atoms with E-state index in [1.54, 1.807) is 5.38 Å². The van der Waals surface area contributed by atoms with Gasteiger partial charge in [-0.15, -0.1) is 11.3 Å². The van der Waals surface area contributed by atoms with Gasteiger partial charge >= 0.3 is 0 Å². The van der Waals surface area contributed by atoms with Gasteiger partial charge in [0, 0.05) is 11.9 Å². The van der Waals surface area contributed by atoms with Crippen LogP contribution in [-0.2, 0) is 12.0 Å². The molecule has 1 aromatic heterocycles. The van der Waals surface area contributed by atoms with Crippen molar-refractivity contribution in [2.75, 3.05) is 0 Å². The SMILES string of the molecule is CC(C)(C)c1ccc(C(O)c2nc(C(=O)NCc3ccccc3)cs2)cc1. The molecule has 5 heteroatoms. The molecule has 3 rings (SSSR count). The number of benzene rings is 2. The topological polar surface area (TPSA) is 62.2 Å². The van der Waals surface area contributed by atoms with Crippen LogP contribution in [0.4, 0.5) is 0 Å². The van der Waals surface area contributed by atoms with Gasteiger partial charge in [0.05, 0.1) is 0 Å². The number of nitrogens with zero attached hydrogens (tertiary/aromatic N) is 1. The van der Waals surface area contributed by atoms with E-state index in [1.165, 1.54) is 16.9 Å². The van der Waals surface area contributed by atoms with Crippen molar-refractivity contribution in [3.63, 3.8) is 0 Å². The Balaban J connectivity index is 1.66. The number of hydrogen-bond acceptors (Lipinski definition) is 4. The van der Waals surface area contributed by atoms with Crippen molar-refractivity contribution in [1.29, 1.82) is 0 Å². The quantitative estimate of drug-likeness (QED) is 0.687. The third kappa shape index (κ3) is 4.81. The fourth-order valence-corrected chi connectivity index (χ4v) is 3.50. The summed E-state index contributed by atoms with van der Waals surface area (Å²) in [6.07, 6.45) is -0.834. The van der Waals surface area contributed by atoms with E-state index in [0.717, 1.165) is 11.1 Å². The van der Waals surface area contributed by atoms with Crippen molar-refractivity contribution in [1.82, 2.24) is 10.3 Å². The number of hydrogen-bond donors (Lipinski definition) is 2. The molecule has 3 aromatic rings. The molecule has 0 fully saturated rings. The highest BCUT2D eigenvalue weighted by Crippen LogP contribution is 2.28. The molecule has 4 nitrogen and oxygen atoms in total. The maximum Gasteiger partial charge on any atom is 0.271 e. The Hall–Kier alpha value is -2.50. The summed E-state index contributed by atoms with van der Waals surface area (Å²) in [6.45, 7) is 6.90. The van der Waals surface area contributed by atoms with Crippen LogP contribution in [0.25, 0.3) is 0 Å². The lowest BCUT2D eigenvalue weighted by molar-refractivity contribution is 0.0946. The second kappa shape index (κ2) is 8.03. The minimum atomic E-state index is -0.834. The number of carbonyl (C=O) groups is 1. The summed E-state index contributed by atoms with van der Waals surface area (Å²) in [4.78, 5) is 16.6. The van der Waals surface area contributed by atoms with Crippen LogP contribution in [0.2, 0.25) is 0 Å². The van der Waals surface area contributed by atoms with Crippen LogP contribution in [0.15, 0.2) is 60.0 Å². The number of aliphatic hydroxyl groups is 1. The number of nitrogens with one attached hydrogen (secondary N) is 1. The first-order chi connectivity index (χ1) is 12.8. The van der Waals surface area contributed by atoms with Gasteiger partial charge in [-0.25, -0.2) is 4.98 Å². The fourth-order valence-electron chi connectivity index (χ4n) is 2.69. The molecule has 0 aliphatic carbocycles. The summed E-state index contributed by atoms with van der Waals surface area (Å²) >= 11 is 1.29. The van der Waals surface area contributed by atoms with Crippen LogP contribution in [0, 0.1) is 0 Å². The van der Waals surface area contributed by atoms with E-state index in [-0.39, 0.29) is 11.3 Å². The number of aliphatic hydroxyl groups excluding tert-OH is 1. The molecule has 0 saturated heterocycles. The summed E-state index contributed by atoms with van der Waals surface area (Å²) in [5.74, 6) is -0.239. The normalized spacial score (nSPS) is 12.6. The summed E-state index contributed by atoms with van der Waals surface area (Å²) in [7, 11) is 0. The molecule has 0 radical (unpaired) electrons. The smallest absolute Gasteiger partial charge is 0.271 e. The predicted molar refractivity (Wildman–Crippen MR) is 109 cm³/mol. The van der Waals surface area contributed by atoms with Gasteiger partial charge < -0.3 is 10.4 Å². The lowest BCUT2D eigenvalue weighted by Gasteiger charge is -2.19. The molecule has 0 saturated carbocycles. The monoisotopic (exact) mass is 380 g/mol. The van der Waals surface area contributed by atoms with Crippen molar-refractivity contribution in [2.24, 2.45) is 0 Å². The van der Waals surface area contributed by atoms with Crippen LogP contribution in [-0.4, -0.2) is 16.0 Å². The van der Waals surface area contributed by atoms with Crippen molar-refractivity contribution in [3.05, 3.63) is 87.4 Å². The number of rotatable bonds is 5.